The average Bonchev–Trinajstić information content (AvgIpc) is 2.34. The molecule has 2 aromatic heterocycles. The lowest BCUT2D eigenvalue weighted by Gasteiger charge is -1.95. The molecule has 0 spiro atoms. The molecule has 0 saturated heterocycles. The van der Waals surface area contributed by atoms with Crippen LogP contribution in [-0.2, 0) is 0 Å². The molecule has 2 aromatic rings. The molecule has 0 radical (unpaired) electrons. The van der Waals surface area contributed by atoms with E-state index in [1.54, 1.807) is 0 Å². The number of nitrogens with zero attached hydrogens (tertiary/aromatic N) is 4. The van der Waals surface area contributed by atoms with Crippen molar-refractivity contribution >= 4 is 23.2 Å². The zero-order chi connectivity index (χ0) is 7.84. The second-order valence-electron chi connectivity index (χ2n) is 1.98. The van der Waals surface area contributed by atoms with Gasteiger partial charge in [0.15, 0.2) is 0 Å². The van der Waals surface area contributed by atoms with Gasteiger partial charge in [-0.05, 0) is 0 Å². The van der Waals surface area contributed by atoms with E-state index in [0.717, 1.165) is 0 Å². The van der Waals surface area contributed by atoms with Crippen molar-refractivity contribution in [2.45, 2.75) is 0 Å². The summed E-state index contributed by atoms with van der Waals surface area (Å²) in [6.07, 6.45) is 1.37. The summed E-state index contributed by atoms with van der Waals surface area (Å²) in [5, 5.41) is 4.14. The van der Waals surface area contributed by atoms with E-state index in [1.165, 1.54) is 16.9 Å². The number of hydrogen-bond donors (Lipinski definition) is 1. The van der Waals surface area contributed by atoms with E-state index in [-0.39, 0.29) is 0 Å². The molecular formula is C5H4ClN5. The largest absolute Gasteiger partial charge is 0.383 e. The summed E-state index contributed by atoms with van der Waals surface area (Å²) in [5.74, 6) is 0.840. The highest BCUT2D eigenvalue weighted by molar-refractivity contribution is 6.29. The van der Waals surface area contributed by atoms with Crippen LogP contribution in [0.15, 0.2) is 12.4 Å². The second-order valence-corrected chi connectivity index (χ2v) is 2.36. The van der Waals surface area contributed by atoms with E-state index in [0.29, 0.717) is 16.7 Å². The molecule has 11 heavy (non-hydrogen) atoms. The van der Waals surface area contributed by atoms with Crippen molar-refractivity contribution in [3.05, 3.63) is 17.5 Å². The minimum Gasteiger partial charge on any atom is -0.383 e. The zero-order valence-electron chi connectivity index (χ0n) is 5.40. The summed E-state index contributed by atoms with van der Waals surface area (Å²) in [5.41, 5.74) is 5.54. The Kier molecular flexibility index (Phi) is 1.19. The van der Waals surface area contributed by atoms with Crippen LogP contribution in [0.4, 0.5) is 5.82 Å². The Morgan fingerprint density at radius 1 is 1.55 bits per heavy atom. The maximum absolute atomic E-state index is 5.61. The first kappa shape index (κ1) is 6.36. The number of nitrogen functional groups attached to an aromatic ring is 1. The van der Waals surface area contributed by atoms with Gasteiger partial charge in [-0.15, -0.1) is 0 Å². The first-order valence-corrected chi connectivity index (χ1v) is 3.27. The maximum atomic E-state index is 5.61. The fourth-order valence-electron chi connectivity index (χ4n) is 0.805. The summed E-state index contributed by atoms with van der Waals surface area (Å²) in [6, 6.07) is 1.52. The molecule has 0 aliphatic rings. The van der Waals surface area contributed by atoms with Gasteiger partial charge in [-0.1, -0.05) is 11.6 Å². The van der Waals surface area contributed by atoms with E-state index in [4.69, 9.17) is 17.3 Å². The smallest absolute Gasteiger partial charge is 0.255 e. The third kappa shape index (κ3) is 0.894. The van der Waals surface area contributed by atoms with Crippen LogP contribution in [0.25, 0.3) is 5.78 Å². The Balaban J connectivity index is 2.91. The molecule has 2 N–H and O–H groups in total. The predicted octanol–water partition coefficient (Wildman–Crippen LogP) is 0.360. The minimum absolute atomic E-state index is 0.322. The van der Waals surface area contributed by atoms with E-state index < -0.39 is 0 Å². The number of anilines is 1. The summed E-state index contributed by atoms with van der Waals surface area (Å²) >= 11 is 5.61. The predicted molar refractivity (Wildman–Crippen MR) is 40.2 cm³/mol. The number of fused-ring (bicyclic) bond motifs is 1. The van der Waals surface area contributed by atoms with E-state index in [9.17, 15) is 0 Å². The van der Waals surface area contributed by atoms with E-state index in [2.05, 4.69) is 15.1 Å². The summed E-state index contributed by atoms with van der Waals surface area (Å²) in [6.45, 7) is 0. The first-order chi connectivity index (χ1) is 5.27. The van der Waals surface area contributed by atoms with Gasteiger partial charge in [0.25, 0.3) is 5.78 Å². The zero-order valence-corrected chi connectivity index (χ0v) is 6.15. The van der Waals surface area contributed by atoms with Crippen LogP contribution in [0.5, 0.6) is 0 Å². The molecular weight excluding hydrogens is 166 g/mol. The third-order valence-electron chi connectivity index (χ3n) is 1.25. The summed E-state index contributed by atoms with van der Waals surface area (Å²) in [7, 11) is 0. The van der Waals surface area contributed by atoms with Gasteiger partial charge in [-0.3, -0.25) is 0 Å². The fraction of sp³-hybridized carbons (Fsp3) is 0. The number of rotatable bonds is 0. The van der Waals surface area contributed by atoms with Crippen molar-refractivity contribution in [2.75, 3.05) is 5.73 Å². The lowest BCUT2D eigenvalue weighted by molar-refractivity contribution is 0.952. The Hall–Kier alpha value is -1.36. The molecule has 0 amide bonds. The summed E-state index contributed by atoms with van der Waals surface area (Å²) < 4.78 is 1.41. The van der Waals surface area contributed by atoms with Crippen LogP contribution in [0.1, 0.15) is 0 Å². The van der Waals surface area contributed by atoms with Gasteiger partial charge < -0.3 is 5.73 Å². The van der Waals surface area contributed by atoms with Gasteiger partial charge in [-0.2, -0.15) is 19.6 Å². The van der Waals surface area contributed by atoms with Gasteiger partial charge in [0.05, 0.1) is 0 Å². The highest BCUT2D eigenvalue weighted by Gasteiger charge is 2.01. The van der Waals surface area contributed by atoms with Gasteiger partial charge in [0.2, 0.25) is 0 Å². The molecule has 0 aliphatic carbocycles. The van der Waals surface area contributed by atoms with Crippen LogP contribution >= 0.6 is 11.6 Å². The Morgan fingerprint density at radius 2 is 2.36 bits per heavy atom. The summed E-state index contributed by atoms with van der Waals surface area (Å²) in [4.78, 5) is 7.69. The number of hydrogen-bond acceptors (Lipinski definition) is 4. The Morgan fingerprint density at radius 3 is 3.18 bits per heavy atom. The maximum Gasteiger partial charge on any atom is 0.255 e. The van der Waals surface area contributed by atoms with E-state index >= 15 is 0 Å². The molecule has 0 fully saturated rings. The monoisotopic (exact) mass is 169 g/mol. The highest BCUT2D eigenvalue weighted by Crippen LogP contribution is 2.10. The van der Waals surface area contributed by atoms with Crippen LogP contribution < -0.4 is 5.73 Å². The number of aromatic nitrogens is 4. The molecule has 2 heterocycles. The lowest BCUT2D eigenvalue weighted by Crippen LogP contribution is -1.99. The quantitative estimate of drug-likeness (QED) is 0.579. The van der Waals surface area contributed by atoms with Gasteiger partial charge in [0, 0.05) is 6.07 Å². The Labute approximate surface area is 66.8 Å². The van der Waals surface area contributed by atoms with Crippen molar-refractivity contribution in [3.63, 3.8) is 0 Å². The molecule has 0 saturated carbocycles. The number of nitrogens with two attached hydrogens (primary N) is 1. The molecule has 5 nitrogen and oxygen atoms in total. The normalized spacial score (nSPS) is 10.6. The fourth-order valence-corrected chi connectivity index (χ4v) is 0.992. The average molecular weight is 170 g/mol. The van der Waals surface area contributed by atoms with Gasteiger partial charge in [-0.25, -0.2) is 0 Å². The molecule has 0 aliphatic heterocycles. The third-order valence-corrected chi connectivity index (χ3v) is 1.44. The molecule has 0 aromatic carbocycles. The Bertz CT molecular complexity index is 395. The SMILES string of the molecule is Nc1cc(Cl)nc2ncnn12. The molecule has 56 valence electrons. The van der Waals surface area contributed by atoms with Crippen molar-refractivity contribution in [3.8, 4) is 0 Å². The second kappa shape index (κ2) is 2.06. The minimum atomic E-state index is 0.322. The molecule has 6 heteroatoms. The van der Waals surface area contributed by atoms with Crippen LogP contribution in [0.3, 0.4) is 0 Å². The topological polar surface area (TPSA) is 69.1 Å². The van der Waals surface area contributed by atoms with Crippen molar-refractivity contribution < 1.29 is 0 Å². The molecule has 0 unspecified atom stereocenters. The standard InChI is InChI=1S/C5H4ClN5/c6-3-1-4(7)11-5(10-3)8-2-9-11/h1-2H,7H2. The van der Waals surface area contributed by atoms with Crippen LogP contribution in [0.2, 0.25) is 5.15 Å². The van der Waals surface area contributed by atoms with Crippen molar-refractivity contribution in [1.82, 2.24) is 19.6 Å². The van der Waals surface area contributed by atoms with Gasteiger partial charge in [0.1, 0.15) is 17.3 Å². The van der Waals surface area contributed by atoms with Gasteiger partial charge >= 0.3 is 0 Å². The van der Waals surface area contributed by atoms with Crippen LogP contribution in [0, 0.1) is 0 Å². The first-order valence-electron chi connectivity index (χ1n) is 2.89. The van der Waals surface area contributed by atoms with Crippen LogP contribution in [-0.4, -0.2) is 19.6 Å². The van der Waals surface area contributed by atoms with E-state index in [1.807, 2.05) is 0 Å². The highest BCUT2D eigenvalue weighted by atomic mass is 35.5. The molecule has 0 bridgehead atoms. The molecule has 0 atom stereocenters. The lowest BCUT2D eigenvalue weighted by atomic mass is 10.6. The molecule has 2 rings (SSSR count). The van der Waals surface area contributed by atoms with Crippen molar-refractivity contribution in [2.24, 2.45) is 0 Å². The number of halogens is 1. The van der Waals surface area contributed by atoms with Crippen molar-refractivity contribution in [1.29, 1.82) is 0 Å².